The Morgan fingerprint density at radius 1 is 1.35 bits per heavy atom. The fraction of sp³-hybridized carbons (Fsp3) is 0.467. The van der Waals surface area contributed by atoms with Crippen molar-refractivity contribution in [1.82, 2.24) is 14.5 Å². The molecule has 106 valence electrons. The molecule has 1 aliphatic rings. The van der Waals surface area contributed by atoms with Crippen molar-refractivity contribution in [1.29, 1.82) is 0 Å². The molecule has 0 saturated carbocycles. The van der Waals surface area contributed by atoms with Crippen LogP contribution in [0.1, 0.15) is 35.9 Å². The number of likely N-dealkylation sites (tertiary alicyclic amines) is 1. The SMILES string of the molecule is CCn1c(CN)nc2cc(C(=O)N3CCCC3)ccc21. The number of hydrogen-bond acceptors (Lipinski definition) is 3. The van der Waals surface area contributed by atoms with Gasteiger partial charge in [-0.3, -0.25) is 4.79 Å². The molecule has 1 amide bonds. The molecule has 2 heterocycles. The monoisotopic (exact) mass is 272 g/mol. The van der Waals surface area contributed by atoms with Gasteiger partial charge in [0.05, 0.1) is 17.6 Å². The van der Waals surface area contributed by atoms with Crippen LogP contribution in [0.15, 0.2) is 18.2 Å². The first-order valence-corrected chi connectivity index (χ1v) is 7.23. The van der Waals surface area contributed by atoms with Gasteiger partial charge in [0.1, 0.15) is 5.82 Å². The number of carbonyl (C=O) groups excluding carboxylic acids is 1. The molecule has 1 aliphatic heterocycles. The van der Waals surface area contributed by atoms with Crippen molar-refractivity contribution in [2.75, 3.05) is 13.1 Å². The summed E-state index contributed by atoms with van der Waals surface area (Å²) in [4.78, 5) is 18.8. The highest BCUT2D eigenvalue weighted by Crippen LogP contribution is 2.20. The van der Waals surface area contributed by atoms with E-state index in [2.05, 4.69) is 16.5 Å². The van der Waals surface area contributed by atoms with Crippen LogP contribution < -0.4 is 5.73 Å². The molecule has 5 nitrogen and oxygen atoms in total. The van der Waals surface area contributed by atoms with Crippen LogP contribution in [-0.4, -0.2) is 33.4 Å². The number of rotatable bonds is 3. The second-order valence-electron chi connectivity index (χ2n) is 5.18. The van der Waals surface area contributed by atoms with Gasteiger partial charge in [0.15, 0.2) is 0 Å². The van der Waals surface area contributed by atoms with E-state index in [9.17, 15) is 4.79 Å². The first-order valence-electron chi connectivity index (χ1n) is 7.23. The highest BCUT2D eigenvalue weighted by atomic mass is 16.2. The molecule has 2 N–H and O–H groups in total. The van der Waals surface area contributed by atoms with Crippen LogP contribution in [0.3, 0.4) is 0 Å². The minimum absolute atomic E-state index is 0.116. The molecule has 1 aromatic carbocycles. The maximum atomic E-state index is 12.4. The van der Waals surface area contributed by atoms with Crippen LogP contribution in [0.2, 0.25) is 0 Å². The third-order valence-corrected chi connectivity index (χ3v) is 3.97. The molecule has 0 spiro atoms. The van der Waals surface area contributed by atoms with E-state index in [1.165, 1.54) is 0 Å². The van der Waals surface area contributed by atoms with E-state index in [4.69, 9.17) is 5.73 Å². The van der Waals surface area contributed by atoms with Crippen LogP contribution in [0, 0.1) is 0 Å². The third kappa shape index (κ3) is 2.08. The van der Waals surface area contributed by atoms with Crippen LogP contribution >= 0.6 is 0 Å². The number of carbonyl (C=O) groups is 1. The Bertz CT molecular complexity index is 641. The van der Waals surface area contributed by atoms with Gasteiger partial charge in [0.25, 0.3) is 5.91 Å². The average Bonchev–Trinajstić information content (AvgIpc) is 3.12. The first kappa shape index (κ1) is 13.1. The number of aryl methyl sites for hydroxylation is 1. The van der Waals surface area contributed by atoms with Crippen molar-refractivity contribution in [3.05, 3.63) is 29.6 Å². The van der Waals surface area contributed by atoms with E-state index in [1.807, 2.05) is 23.1 Å². The quantitative estimate of drug-likeness (QED) is 0.925. The van der Waals surface area contributed by atoms with E-state index >= 15 is 0 Å². The summed E-state index contributed by atoms with van der Waals surface area (Å²) in [7, 11) is 0. The lowest BCUT2D eigenvalue weighted by Crippen LogP contribution is -2.27. The van der Waals surface area contributed by atoms with Crippen molar-refractivity contribution >= 4 is 16.9 Å². The third-order valence-electron chi connectivity index (χ3n) is 3.97. The molecule has 0 atom stereocenters. The number of amides is 1. The van der Waals surface area contributed by atoms with E-state index in [0.717, 1.165) is 54.9 Å². The molecule has 5 heteroatoms. The Balaban J connectivity index is 2.00. The molecule has 0 bridgehead atoms. The average molecular weight is 272 g/mol. The Hall–Kier alpha value is -1.88. The van der Waals surface area contributed by atoms with E-state index in [1.54, 1.807) is 0 Å². The van der Waals surface area contributed by atoms with E-state index in [-0.39, 0.29) is 5.91 Å². The maximum absolute atomic E-state index is 12.4. The smallest absolute Gasteiger partial charge is 0.253 e. The predicted molar refractivity (Wildman–Crippen MR) is 78.4 cm³/mol. The normalized spacial score (nSPS) is 15.2. The van der Waals surface area contributed by atoms with E-state index < -0.39 is 0 Å². The summed E-state index contributed by atoms with van der Waals surface area (Å²) in [6, 6.07) is 5.77. The number of aromatic nitrogens is 2. The summed E-state index contributed by atoms with van der Waals surface area (Å²) in [6.07, 6.45) is 2.21. The summed E-state index contributed by atoms with van der Waals surface area (Å²) in [6.45, 7) is 5.06. The van der Waals surface area contributed by atoms with Gasteiger partial charge in [-0.2, -0.15) is 0 Å². The Kier molecular flexibility index (Phi) is 3.44. The van der Waals surface area contributed by atoms with Gasteiger partial charge >= 0.3 is 0 Å². The minimum atomic E-state index is 0.116. The molecule has 1 fully saturated rings. The fourth-order valence-corrected chi connectivity index (χ4v) is 2.92. The second-order valence-corrected chi connectivity index (χ2v) is 5.18. The summed E-state index contributed by atoms with van der Waals surface area (Å²) in [5.74, 6) is 0.984. The van der Waals surface area contributed by atoms with Crippen LogP contribution in [0.25, 0.3) is 11.0 Å². The minimum Gasteiger partial charge on any atom is -0.339 e. The van der Waals surface area contributed by atoms with Crippen molar-refractivity contribution in [2.24, 2.45) is 5.73 Å². The molecule has 0 aliphatic carbocycles. The molecule has 20 heavy (non-hydrogen) atoms. The number of imidazole rings is 1. The fourth-order valence-electron chi connectivity index (χ4n) is 2.92. The van der Waals surface area contributed by atoms with Gasteiger partial charge in [-0.05, 0) is 38.0 Å². The Labute approximate surface area is 118 Å². The molecular weight excluding hydrogens is 252 g/mol. The zero-order valence-corrected chi connectivity index (χ0v) is 11.8. The van der Waals surface area contributed by atoms with Gasteiger partial charge in [0, 0.05) is 25.2 Å². The van der Waals surface area contributed by atoms with Gasteiger partial charge in [0.2, 0.25) is 0 Å². The maximum Gasteiger partial charge on any atom is 0.253 e. The second kappa shape index (κ2) is 5.25. The topological polar surface area (TPSA) is 64.2 Å². The van der Waals surface area contributed by atoms with Crippen LogP contribution in [-0.2, 0) is 13.1 Å². The lowest BCUT2D eigenvalue weighted by atomic mass is 10.1. The largest absolute Gasteiger partial charge is 0.339 e. The molecule has 1 aromatic heterocycles. The molecule has 0 radical (unpaired) electrons. The number of benzene rings is 1. The van der Waals surface area contributed by atoms with E-state index in [0.29, 0.717) is 6.54 Å². The predicted octanol–water partition coefficient (Wildman–Crippen LogP) is 1.75. The highest BCUT2D eigenvalue weighted by Gasteiger charge is 2.20. The zero-order chi connectivity index (χ0) is 14.1. The first-order chi connectivity index (χ1) is 9.74. The number of fused-ring (bicyclic) bond motifs is 1. The zero-order valence-electron chi connectivity index (χ0n) is 11.8. The van der Waals surface area contributed by atoms with Gasteiger partial charge in [-0.1, -0.05) is 0 Å². The summed E-state index contributed by atoms with van der Waals surface area (Å²) in [5.41, 5.74) is 8.36. The number of nitrogens with zero attached hydrogens (tertiary/aromatic N) is 3. The van der Waals surface area contributed by atoms with Crippen molar-refractivity contribution in [3.8, 4) is 0 Å². The van der Waals surface area contributed by atoms with Gasteiger partial charge in [-0.25, -0.2) is 4.98 Å². The summed E-state index contributed by atoms with van der Waals surface area (Å²) < 4.78 is 2.10. The summed E-state index contributed by atoms with van der Waals surface area (Å²) >= 11 is 0. The van der Waals surface area contributed by atoms with Crippen LogP contribution in [0.5, 0.6) is 0 Å². The van der Waals surface area contributed by atoms with Crippen molar-refractivity contribution in [3.63, 3.8) is 0 Å². The van der Waals surface area contributed by atoms with Gasteiger partial charge < -0.3 is 15.2 Å². The Morgan fingerprint density at radius 3 is 2.75 bits per heavy atom. The van der Waals surface area contributed by atoms with Crippen molar-refractivity contribution in [2.45, 2.75) is 32.9 Å². The molecule has 0 unspecified atom stereocenters. The highest BCUT2D eigenvalue weighted by molar-refractivity contribution is 5.97. The molecular formula is C15H20N4O. The van der Waals surface area contributed by atoms with Gasteiger partial charge in [-0.15, -0.1) is 0 Å². The lowest BCUT2D eigenvalue weighted by molar-refractivity contribution is 0.0793. The Morgan fingerprint density at radius 2 is 2.10 bits per heavy atom. The van der Waals surface area contributed by atoms with Crippen molar-refractivity contribution < 1.29 is 4.79 Å². The molecule has 1 saturated heterocycles. The standard InChI is InChI=1S/C15H20N4O/c1-2-19-13-6-5-11(9-12(13)17-14(19)10-16)15(20)18-7-3-4-8-18/h5-6,9H,2-4,7-8,10,16H2,1H3. The molecule has 2 aromatic rings. The van der Waals surface area contributed by atoms with Crippen LogP contribution in [0.4, 0.5) is 0 Å². The molecule has 3 rings (SSSR count). The lowest BCUT2D eigenvalue weighted by Gasteiger charge is -2.15. The number of hydrogen-bond donors (Lipinski definition) is 1. The number of nitrogens with two attached hydrogens (primary N) is 1. The summed E-state index contributed by atoms with van der Waals surface area (Å²) in [5, 5.41) is 0.